The Labute approximate surface area is 126 Å². The molecule has 2 aromatic rings. The molecule has 11 nitrogen and oxygen atoms in total. The average Bonchev–Trinajstić information content (AvgIpc) is 2.50. The van der Waals surface area contributed by atoms with Crippen molar-refractivity contribution in [3.8, 4) is 5.75 Å². The summed E-state index contributed by atoms with van der Waals surface area (Å²) >= 11 is 0. The molecule has 0 bridgehead atoms. The van der Waals surface area contributed by atoms with Crippen molar-refractivity contribution >= 4 is 28.9 Å². The van der Waals surface area contributed by atoms with E-state index in [9.17, 15) is 24.3 Å². The number of pyridine rings is 1. The molecule has 11 heteroatoms. The molecule has 0 spiro atoms. The zero-order valence-electron chi connectivity index (χ0n) is 11.6. The summed E-state index contributed by atoms with van der Waals surface area (Å²) in [7, 11) is 1.22. The molecule has 0 radical (unpaired) electrons. The molecule has 0 aromatic carbocycles. The van der Waals surface area contributed by atoms with Crippen LogP contribution in [-0.2, 0) is 11.8 Å². The van der Waals surface area contributed by atoms with E-state index >= 15 is 0 Å². The molecule has 0 aliphatic rings. The maximum Gasteiger partial charge on any atom is 0.374 e. The minimum atomic E-state index is -1.43. The molecule has 0 saturated heterocycles. The van der Waals surface area contributed by atoms with Gasteiger partial charge in [0.25, 0.3) is 11.5 Å². The molecule has 0 unspecified atom stereocenters. The Morgan fingerprint density at radius 1 is 1.30 bits per heavy atom. The molecule has 1 amide bonds. The highest BCUT2D eigenvalue weighted by Crippen LogP contribution is 2.24. The summed E-state index contributed by atoms with van der Waals surface area (Å²) in [5, 5.41) is 29.3. The standard InChI is InChI=1S/C12H10N4O7/c1-16-9-4(2-13-8(15-9)12(22)23)7(19)6(11(16)21)10(20)14-3-5(17)18/h2,19H,3H2,1H3,(H,14,20)(H,17,18)(H,22,23). The number of hydrogen-bond acceptors (Lipinski definition) is 7. The third kappa shape index (κ3) is 2.79. The maximum atomic E-state index is 12.2. The van der Waals surface area contributed by atoms with Crippen LogP contribution in [0.5, 0.6) is 5.75 Å². The molecule has 2 rings (SSSR count). The van der Waals surface area contributed by atoms with Crippen molar-refractivity contribution in [1.82, 2.24) is 19.9 Å². The van der Waals surface area contributed by atoms with E-state index in [1.165, 1.54) is 7.05 Å². The second-order valence-corrected chi connectivity index (χ2v) is 4.40. The number of aromatic hydroxyl groups is 1. The highest BCUT2D eigenvalue weighted by Gasteiger charge is 2.23. The van der Waals surface area contributed by atoms with Crippen LogP contribution in [0.15, 0.2) is 11.0 Å². The lowest BCUT2D eigenvalue weighted by molar-refractivity contribution is -0.135. The average molecular weight is 322 g/mol. The van der Waals surface area contributed by atoms with Crippen molar-refractivity contribution in [3.63, 3.8) is 0 Å². The summed E-state index contributed by atoms with van der Waals surface area (Å²) in [4.78, 5) is 52.5. The highest BCUT2D eigenvalue weighted by atomic mass is 16.4. The molecule has 0 fully saturated rings. The van der Waals surface area contributed by atoms with Gasteiger partial charge in [0.2, 0.25) is 5.82 Å². The van der Waals surface area contributed by atoms with Crippen LogP contribution in [0.4, 0.5) is 0 Å². The van der Waals surface area contributed by atoms with Crippen molar-refractivity contribution in [1.29, 1.82) is 0 Å². The monoisotopic (exact) mass is 322 g/mol. The summed E-state index contributed by atoms with van der Waals surface area (Å²) in [6, 6.07) is 0. The van der Waals surface area contributed by atoms with Crippen LogP contribution in [0.2, 0.25) is 0 Å². The molecular formula is C12H10N4O7. The quantitative estimate of drug-likeness (QED) is 0.525. The SMILES string of the molecule is Cn1c(=O)c(C(=O)NCC(=O)O)c(O)c2cnc(C(=O)O)nc21. The number of aromatic nitrogens is 3. The Bertz CT molecular complexity index is 902. The van der Waals surface area contributed by atoms with Gasteiger partial charge in [-0.3, -0.25) is 19.0 Å². The van der Waals surface area contributed by atoms with Gasteiger partial charge in [0.15, 0.2) is 5.65 Å². The van der Waals surface area contributed by atoms with Gasteiger partial charge in [0.05, 0.1) is 5.39 Å². The van der Waals surface area contributed by atoms with E-state index < -0.39 is 47.1 Å². The molecule has 120 valence electrons. The fraction of sp³-hybridized carbons (Fsp3) is 0.167. The summed E-state index contributed by atoms with van der Waals surface area (Å²) in [5.41, 5.74) is -1.84. The van der Waals surface area contributed by atoms with Crippen molar-refractivity contribution in [2.75, 3.05) is 6.54 Å². The van der Waals surface area contributed by atoms with Gasteiger partial charge in [-0.05, 0) is 0 Å². The summed E-state index contributed by atoms with van der Waals surface area (Å²) in [5.74, 6) is -5.19. The van der Waals surface area contributed by atoms with Crippen LogP contribution in [0.1, 0.15) is 21.0 Å². The zero-order chi connectivity index (χ0) is 17.3. The van der Waals surface area contributed by atoms with Gasteiger partial charge < -0.3 is 20.6 Å². The normalized spacial score (nSPS) is 10.5. The van der Waals surface area contributed by atoms with E-state index in [0.717, 1.165) is 10.8 Å². The first-order valence-corrected chi connectivity index (χ1v) is 6.06. The van der Waals surface area contributed by atoms with Crippen molar-refractivity contribution in [2.24, 2.45) is 7.05 Å². The first kappa shape index (κ1) is 15.9. The molecule has 0 aliphatic heterocycles. The number of aromatic carboxylic acids is 1. The number of nitrogens with zero attached hydrogens (tertiary/aromatic N) is 3. The number of hydrogen-bond donors (Lipinski definition) is 4. The van der Waals surface area contributed by atoms with Gasteiger partial charge in [0, 0.05) is 13.2 Å². The molecule has 0 saturated carbocycles. The maximum absolute atomic E-state index is 12.2. The lowest BCUT2D eigenvalue weighted by Gasteiger charge is -2.10. The Kier molecular flexibility index (Phi) is 3.94. The second-order valence-electron chi connectivity index (χ2n) is 4.40. The Balaban J connectivity index is 2.67. The summed E-state index contributed by atoms with van der Waals surface area (Å²) < 4.78 is 0.860. The molecule has 2 aromatic heterocycles. The third-order valence-corrected chi connectivity index (χ3v) is 2.92. The fourth-order valence-corrected chi connectivity index (χ4v) is 1.85. The number of carbonyl (C=O) groups is 3. The smallest absolute Gasteiger partial charge is 0.374 e. The predicted octanol–water partition coefficient (Wildman–Crippen LogP) is -1.45. The first-order chi connectivity index (χ1) is 10.7. The first-order valence-electron chi connectivity index (χ1n) is 6.06. The van der Waals surface area contributed by atoms with E-state index in [4.69, 9.17) is 10.2 Å². The van der Waals surface area contributed by atoms with Gasteiger partial charge in [-0.15, -0.1) is 0 Å². The second kappa shape index (κ2) is 5.71. The topological polar surface area (TPSA) is 172 Å². The minimum Gasteiger partial charge on any atom is -0.506 e. The van der Waals surface area contributed by atoms with Gasteiger partial charge in [-0.25, -0.2) is 14.8 Å². The molecule has 4 N–H and O–H groups in total. The highest BCUT2D eigenvalue weighted by molar-refractivity contribution is 6.02. The number of carboxylic acids is 2. The van der Waals surface area contributed by atoms with Crippen LogP contribution in [0.25, 0.3) is 11.0 Å². The van der Waals surface area contributed by atoms with Crippen molar-refractivity contribution in [2.45, 2.75) is 0 Å². The Morgan fingerprint density at radius 3 is 2.52 bits per heavy atom. The molecule has 23 heavy (non-hydrogen) atoms. The van der Waals surface area contributed by atoms with E-state index in [2.05, 4.69) is 9.97 Å². The van der Waals surface area contributed by atoms with E-state index in [1.54, 1.807) is 0 Å². The Hall–Kier alpha value is -3.50. The fourth-order valence-electron chi connectivity index (χ4n) is 1.85. The van der Waals surface area contributed by atoms with E-state index in [1.807, 2.05) is 5.32 Å². The van der Waals surface area contributed by atoms with Gasteiger partial charge in [0.1, 0.15) is 17.9 Å². The number of aryl methyl sites for hydroxylation is 1. The summed E-state index contributed by atoms with van der Waals surface area (Å²) in [6.45, 7) is -0.742. The number of aliphatic carboxylic acids is 1. The van der Waals surface area contributed by atoms with Crippen LogP contribution >= 0.6 is 0 Å². The molecule has 2 heterocycles. The molecule has 0 atom stereocenters. The van der Waals surface area contributed by atoms with Gasteiger partial charge in [-0.2, -0.15) is 0 Å². The number of fused-ring (bicyclic) bond motifs is 1. The van der Waals surface area contributed by atoms with Gasteiger partial charge in [-0.1, -0.05) is 0 Å². The minimum absolute atomic E-state index is 0.127. The number of carboxylic acid groups (broad SMARTS) is 2. The van der Waals surface area contributed by atoms with E-state index in [-0.39, 0.29) is 11.0 Å². The van der Waals surface area contributed by atoms with Crippen molar-refractivity contribution < 1.29 is 29.7 Å². The van der Waals surface area contributed by atoms with Crippen molar-refractivity contribution in [3.05, 3.63) is 27.9 Å². The number of rotatable bonds is 4. The zero-order valence-corrected chi connectivity index (χ0v) is 11.6. The largest absolute Gasteiger partial charge is 0.506 e. The van der Waals surface area contributed by atoms with Crippen LogP contribution in [0.3, 0.4) is 0 Å². The Morgan fingerprint density at radius 2 is 1.96 bits per heavy atom. The van der Waals surface area contributed by atoms with E-state index in [0.29, 0.717) is 0 Å². The van der Waals surface area contributed by atoms with Crippen LogP contribution < -0.4 is 10.9 Å². The number of amides is 1. The number of nitrogens with one attached hydrogen (secondary N) is 1. The lowest BCUT2D eigenvalue weighted by atomic mass is 10.1. The molecular weight excluding hydrogens is 312 g/mol. The van der Waals surface area contributed by atoms with Gasteiger partial charge >= 0.3 is 11.9 Å². The predicted molar refractivity (Wildman–Crippen MR) is 73.4 cm³/mol. The molecule has 0 aliphatic carbocycles. The lowest BCUT2D eigenvalue weighted by Crippen LogP contribution is -2.35. The third-order valence-electron chi connectivity index (χ3n) is 2.92. The number of carbonyl (C=O) groups excluding carboxylic acids is 1. The summed E-state index contributed by atoms with van der Waals surface area (Å²) in [6.07, 6.45) is 0.953. The van der Waals surface area contributed by atoms with Crippen LogP contribution in [-0.4, -0.2) is 54.2 Å². The van der Waals surface area contributed by atoms with Crippen LogP contribution in [0, 0.1) is 0 Å².